The van der Waals surface area contributed by atoms with Gasteiger partial charge in [0.25, 0.3) is 0 Å². The van der Waals surface area contributed by atoms with Crippen LogP contribution in [0.5, 0.6) is 0 Å². The Kier molecular flexibility index (Phi) is 6.09. The van der Waals surface area contributed by atoms with Crippen molar-refractivity contribution < 1.29 is 4.79 Å². The van der Waals surface area contributed by atoms with Crippen LogP contribution in [0.25, 0.3) is 0 Å². The van der Waals surface area contributed by atoms with Gasteiger partial charge in [0.1, 0.15) is 0 Å². The molecule has 0 aliphatic carbocycles. The molecule has 0 unspecified atom stereocenters. The molecule has 1 aliphatic rings. The maximum absolute atomic E-state index is 11.3. The largest absolute Gasteiger partial charge is 0.356 e. The molecule has 0 aromatic carbocycles. The smallest absolute Gasteiger partial charge is 0.220 e. The van der Waals surface area contributed by atoms with Gasteiger partial charge < -0.3 is 10.6 Å². The molecule has 3 heteroatoms. The molecule has 0 aromatic heterocycles. The van der Waals surface area contributed by atoms with Crippen LogP contribution < -0.4 is 10.6 Å². The molecule has 0 spiro atoms. The molecule has 1 heterocycles. The van der Waals surface area contributed by atoms with Crippen molar-refractivity contribution in [1.29, 1.82) is 0 Å². The first-order chi connectivity index (χ1) is 7.33. The van der Waals surface area contributed by atoms with E-state index in [0.29, 0.717) is 6.42 Å². The molecule has 0 radical (unpaired) electrons. The molecule has 1 rings (SSSR count). The van der Waals surface area contributed by atoms with Crippen molar-refractivity contribution in [3.63, 3.8) is 0 Å². The summed E-state index contributed by atoms with van der Waals surface area (Å²) in [6, 6.07) is 0. The summed E-state index contributed by atoms with van der Waals surface area (Å²) < 4.78 is 0. The normalized spacial score (nSPS) is 15.9. The number of carbonyl (C=O) groups is 1. The van der Waals surface area contributed by atoms with Gasteiger partial charge in [-0.05, 0) is 25.8 Å². The van der Waals surface area contributed by atoms with Crippen molar-refractivity contribution in [1.82, 2.24) is 10.6 Å². The van der Waals surface area contributed by atoms with E-state index < -0.39 is 0 Å². The van der Waals surface area contributed by atoms with Crippen LogP contribution in [0.3, 0.4) is 0 Å². The monoisotopic (exact) mass is 210 g/mol. The summed E-state index contributed by atoms with van der Waals surface area (Å²) in [6.45, 7) is 4.97. The third-order valence-corrected chi connectivity index (χ3v) is 2.68. The van der Waals surface area contributed by atoms with Crippen LogP contribution in [0.4, 0.5) is 0 Å². The SMILES string of the molecule is CCCCC(=O)NCCC1=CCNCC1. The van der Waals surface area contributed by atoms with E-state index in [4.69, 9.17) is 0 Å². The predicted octanol–water partition coefficient (Wildman–Crippen LogP) is 1.60. The fourth-order valence-electron chi connectivity index (χ4n) is 1.68. The van der Waals surface area contributed by atoms with Crippen LogP contribution in [0.1, 0.15) is 39.0 Å². The summed E-state index contributed by atoms with van der Waals surface area (Å²) in [5, 5.41) is 6.24. The Morgan fingerprint density at radius 1 is 1.60 bits per heavy atom. The van der Waals surface area contributed by atoms with Crippen LogP contribution in [0.2, 0.25) is 0 Å². The van der Waals surface area contributed by atoms with E-state index in [1.807, 2.05) is 0 Å². The molecule has 0 saturated heterocycles. The minimum absolute atomic E-state index is 0.200. The van der Waals surface area contributed by atoms with E-state index >= 15 is 0 Å². The zero-order valence-electron chi connectivity index (χ0n) is 9.64. The second-order valence-corrected chi connectivity index (χ2v) is 4.02. The first-order valence-electron chi connectivity index (χ1n) is 5.98. The van der Waals surface area contributed by atoms with Gasteiger partial charge in [0.15, 0.2) is 0 Å². The van der Waals surface area contributed by atoms with Crippen LogP contribution >= 0.6 is 0 Å². The van der Waals surface area contributed by atoms with Gasteiger partial charge in [0.05, 0.1) is 0 Å². The Bertz CT molecular complexity index is 224. The van der Waals surface area contributed by atoms with Crippen molar-refractivity contribution in [2.75, 3.05) is 19.6 Å². The minimum Gasteiger partial charge on any atom is -0.356 e. The number of rotatable bonds is 6. The summed E-state index contributed by atoms with van der Waals surface area (Å²) in [5.74, 6) is 0.200. The van der Waals surface area contributed by atoms with Gasteiger partial charge in [0.2, 0.25) is 5.91 Å². The van der Waals surface area contributed by atoms with Gasteiger partial charge in [-0.1, -0.05) is 25.0 Å². The highest BCUT2D eigenvalue weighted by Crippen LogP contribution is 2.07. The predicted molar refractivity (Wildman–Crippen MR) is 62.7 cm³/mol. The molecule has 1 amide bonds. The van der Waals surface area contributed by atoms with Crippen molar-refractivity contribution >= 4 is 5.91 Å². The average Bonchev–Trinajstić information content (AvgIpc) is 2.28. The van der Waals surface area contributed by atoms with Gasteiger partial charge in [-0.3, -0.25) is 4.79 Å². The molecule has 0 fully saturated rings. The van der Waals surface area contributed by atoms with Crippen LogP contribution in [-0.2, 0) is 4.79 Å². The third kappa shape index (κ3) is 5.57. The molecule has 86 valence electrons. The fraction of sp³-hybridized carbons (Fsp3) is 0.750. The molecular formula is C12H22N2O. The van der Waals surface area contributed by atoms with Gasteiger partial charge >= 0.3 is 0 Å². The Balaban J connectivity index is 2.04. The lowest BCUT2D eigenvalue weighted by Gasteiger charge is -2.14. The summed E-state index contributed by atoms with van der Waals surface area (Å²) >= 11 is 0. The molecule has 0 saturated carbocycles. The molecule has 0 bridgehead atoms. The zero-order chi connectivity index (χ0) is 10.9. The molecular weight excluding hydrogens is 188 g/mol. The van der Waals surface area contributed by atoms with E-state index in [1.165, 1.54) is 5.57 Å². The van der Waals surface area contributed by atoms with Gasteiger partial charge in [-0.25, -0.2) is 0 Å². The molecule has 3 nitrogen and oxygen atoms in total. The van der Waals surface area contributed by atoms with Crippen LogP contribution in [-0.4, -0.2) is 25.5 Å². The highest BCUT2D eigenvalue weighted by Gasteiger charge is 2.03. The highest BCUT2D eigenvalue weighted by atomic mass is 16.1. The molecule has 2 N–H and O–H groups in total. The third-order valence-electron chi connectivity index (χ3n) is 2.68. The number of nitrogens with one attached hydrogen (secondary N) is 2. The molecule has 0 atom stereocenters. The van der Waals surface area contributed by atoms with E-state index in [0.717, 1.165) is 45.3 Å². The molecule has 0 aromatic rings. The summed E-state index contributed by atoms with van der Waals surface area (Å²) in [7, 11) is 0. The zero-order valence-corrected chi connectivity index (χ0v) is 9.64. The lowest BCUT2D eigenvalue weighted by molar-refractivity contribution is -0.121. The first kappa shape index (κ1) is 12.2. The summed E-state index contributed by atoms with van der Waals surface area (Å²) in [5.41, 5.74) is 1.48. The van der Waals surface area contributed by atoms with Crippen LogP contribution in [0.15, 0.2) is 11.6 Å². The lowest BCUT2D eigenvalue weighted by Crippen LogP contribution is -2.26. The maximum Gasteiger partial charge on any atom is 0.220 e. The van der Waals surface area contributed by atoms with E-state index in [1.54, 1.807) is 0 Å². The Hall–Kier alpha value is -0.830. The number of unbranched alkanes of at least 4 members (excludes halogenated alkanes) is 1. The second-order valence-electron chi connectivity index (χ2n) is 4.02. The van der Waals surface area contributed by atoms with Gasteiger partial charge in [-0.2, -0.15) is 0 Å². The number of carbonyl (C=O) groups excluding carboxylic acids is 1. The van der Waals surface area contributed by atoms with E-state index in [-0.39, 0.29) is 5.91 Å². The number of amides is 1. The minimum atomic E-state index is 0.200. The number of hydrogen-bond donors (Lipinski definition) is 2. The Morgan fingerprint density at radius 2 is 2.47 bits per heavy atom. The standard InChI is InChI=1S/C12H22N2O/c1-2-3-4-12(15)14-10-7-11-5-8-13-9-6-11/h5,13H,2-4,6-10H2,1H3,(H,14,15). The topological polar surface area (TPSA) is 41.1 Å². The van der Waals surface area contributed by atoms with Gasteiger partial charge in [0, 0.05) is 19.5 Å². The average molecular weight is 210 g/mol. The second kappa shape index (κ2) is 7.46. The summed E-state index contributed by atoms with van der Waals surface area (Å²) in [6.07, 6.45) is 7.14. The lowest BCUT2D eigenvalue weighted by atomic mass is 10.1. The van der Waals surface area contributed by atoms with Crippen molar-refractivity contribution in [2.45, 2.75) is 39.0 Å². The highest BCUT2D eigenvalue weighted by molar-refractivity contribution is 5.75. The van der Waals surface area contributed by atoms with Crippen molar-refractivity contribution in [3.8, 4) is 0 Å². The van der Waals surface area contributed by atoms with Crippen molar-refractivity contribution in [2.24, 2.45) is 0 Å². The molecule has 1 aliphatic heterocycles. The quantitative estimate of drug-likeness (QED) is 0.654. The number of hydrogen-bond acceptors (Lipinski definition) is 2. The fourth-order valence-corrected chi connectivity index (χ4v) is 1.68. The van der Waals surface area contributed by atoms with Crippen molar-refractivity contribution in [3.05, 3.63) is 11.6 Å². The molecule has 15 heavy (non-hydrogen) atoms. The Labute approximate surface area is 92.3 Å². The van der Waals surface area contributed by atoms with Gasteiger partial charge in [-0.15, -0.1) is 0 Å². The van der Waals surface area contributed by atoms with Crippen LogP contribution in [0, 0.1) is 0 Å². The van der Waals surface area contributed by atoms with E-state index in [2.05, 4.69) is 23.6 Å². The first-order valence-corrected chi connectivity index (χ1v) is 5.98. The van der Waals surface area contributed by atoms with E-state index in [9.17, 15) is 4.79 Å². The maximum atomic E-state index is 11.3. The Morgan fingerprint density at radius 3 is 3.13 bits per heavy atom. The summed E-state index contributed by atoms with van der Waals surface area (Å²) in [4.78, 5) is 11.3.